The third-order valence-electron chi connectivity index (χ3n) is 7.09. The summed E-state index contributed by atoms with van der Waals surface area (Å²) in [7, 11) is -1.40. The van der Waals surface area contributed by atoms with Gasteiger partial charge in [-0.05, 0) is 80.4 Å². The highest BCUT2D eigenvalue weighted by atomic mass is 35.5. The van der Waals surface area contributed by atoms with E-state index in [-0.39, 0.29) is 0 Å². The first-order chi connectivity index (χ1) is 13.1. The second-order valence-corrected chi connectivity index (χ2v) is 10.4. The van der Waals surface area contributed by atoms with Crippen LogP contribution < -0.4 is 10.9 Å². The van der Waals surface area contributed by atoms with Gasteiger partial charge in [-0.2, -0.15) is 5.26 Å². The van der Waals surface area contributed by atoms with Crippen molar-refractivity contribution in [2.45, 2.75) is 91.6 Å². The quantitative estimate of drug-likeness (QED) is 0.690. The SMILES string of the molecule is Cc1c(Cl)c(C)c(B2OC(C)(C)C(C)(C)O2)c(C#N)c1B1OC(C)(C)C(C)(C)O1. The predicted octanol–water partition coefficient (Wildman–Crippen LogP) is 3.43. The van der Waals surface area contributed by atoms with Gasteiger partial charge >= 0.3 is 14.2 Å². The standard InChI is InChI=1S/C21H30B2ClNO4/c1-12-15(22-26-18(3,4)19(5,6)27-22)14(11-25)16(13(2)17(12)24)23-28-20(7,8)21(9,10)29-23/h1-10H3. The molecule has 2 heterocycles. The molecule has 8 heteroatoms. The van der Waals surface area contributed by atoms with Crippen LogP contribution in [-0.2, 0) is 18.6 Å². The topological polar surface area (TPSA) is 60.7 Å². The van der Waals surface area contributed by atoms with Gasteiger partial charge in [-0.15, -0.1) is 0 Å². The first-order valence-corrected chi connectivity index (χ1v) is 10.4. The van der Waals surface area contributed by atoms with Crippen molar-refractivity contribution >= 4 is 36.8 Å². The minimum absolute atomic E-state index is 0.446. The monoisotopic (exact) mass is 417 g/mol. The van der Waals surface area contributed by atoms with Crippen LogP contribution in [0.3, 0.4) is 0 Å². The Morgan fingerprint density at radius 2 is 0.966 bits per heavy atom. The van der Waals surface area contributed by atoms with Crippen molar-refractivity contribution in [2.75, 3.05) is 0 Å². The highest BCUT2D eigenvalue weighted by Crippen LogP contribution is 2.39. The summed E-state index contributed by atoms with van der Waals surface area (Å²) in [4.78, 5) is 0. The summed E-state index contributed by atoms with van der Waals surface area (Å²) < 4.78 is 25.0. The van der Waals surface area contributed by atoms with E-state index in [1.54, 1.807) is 0 Å². The lowest BCUT2D eigenvalue weighted by atomic mass is 9.64. The van der Waals surface area contributed by atoms with Gasteiger partial charge in [-0.3, -0.25) is 0 Å². The Balaban J connectivity index is 2.20. The molecular formula is C21H30B2ClNO4. The van der Waals surface area contributed by atoms with E-state index in [0.717, 1.165) is 11.1 Å². The molecule has 156 valence electrons. The Hall–Kier alpha value is -1.03. The van der Waals surface area contributed by atoms with Crippen LogP contribution >= 0.6 is 11.6 Å². The predicted molar refractivity (Wildman–Crippen MR) is 117 cm³/mol. The summed E-state index contributed by atoms with van der Waals surface area (Å²) >= 11 is 6.73. The molecule has 0 atom stereocenters. The third kappa shape index (κ3) is 3.34. The molecule has 0 aliphatic carbocycles. The lowest BCUT2D eigenvalue weighted by molar-refractivity contribution is 0.00578. The normalized spacial score (nSPS) is 24.1. The van der Waals surface area contributed by atoms with Gasteiger partial charge in [0.2, 0.25) is 0 Å². The summed E-state index contributed by atoms with van der Waals surface area (Å²) in [6, 6.07) is 2.36. The maximum Gasteiger partial charge on any atom is 0.496 e. The molecule has 2 aliphatic rings. The van der Waals surface area contributed by atoms with Crippen LogP contribution in [0.2, 0.25) is 5.02 Å². The summed E-state index contributed by atoms with van der Waals surface area (Å²) in [5.41, 5.74) is 1.17. The van der Waals surface area contributed by atoms with Crippen LogP contribution in [0.25, 0.3) is 0 Å². The largest absolute Gasteiger partial charge is 0.496 e. The molecule has 1 aromatic carbocycles. The number of benzene rings is 1. The maximum absolute atomic E-state index is 10.2. The van der Waals surface area contributed by atoms with Crippen LogP contribution in [0.1, 0.15) is 72.1 Å². The highest BCUT2D eigenvalue weighted by molar-refractivity contribution is 6.68. The average Bonchev–Trinajstić information content (AvgIpc) is 2.91. The van der Waals surface area contributed by atoms with Gasteiger partial charge in [0.15, 0.2) is 0 Å². The summed E-state index contributed by atoms with van der Waals surface area (Å²) in [6.07, 6.45) is 0. The third-order valence-corrected chi connectivity index (χ3v) is 7.66. The molecule has 0 radical (unpaired) electrons. The van der Waals surface area contributed by atoms with Crippen LogP contribution in [0, 0.1) is 25.2 Å². The molecule has 2 aliphatic heterocycles. The molecule has 0 unspecified atom stereocenters. The second-order valence-electron chi connectivity index (χ2n) is 10.1. The zero-order valence-electron chi connectivity index (χ0n) is 19.1. The fraction of sp³-hybridized carbons (Fsp3) is 0.667. The van der Waals surface area contributed by atoms with E-state index in [0.29, 0.717) is 21.5 Å². The number of rotatable bonds is 2. The lowest BCUT2D eigenvalue weighted by Crippen LogP contribution is -2.47. The average molecular weight is 418 g/mol. The fourth-order valence-electron chi connectivity index (χ4n) is 3.67. The molecule has 0 N–H and O–H groups in total. The van der Waals surface area contributed by atoms with Gasteiger partial charge in [0.05, 0.1) is 34.0 Å². The summed E-state index contributed by atoms with van der Waals surface area (Å²) in [5.74, 6) is 0. The zero-order chi connectivity index (χ0) is 22.2. The Morgan fingerprint density at radius 3 is 1.21 bits per heavy atom. The molecule has 0 amide bonds. The first-order valence-electron chi connectivity index (χ1n) is 10.00. The van der Waals surface area contributed by atoms with Crippen molar-refractivity contribution in [2.24, 2.45) is 0 Å². The van der Waals surface area contributed by atoms with Gasteiger partial charge in [-0.1, -0.05) is 11.6 Å². The van der Waals surface area contributed by atoms with Crippen molar-refractivity contribution in [3.05, 3.63) is 21.7 Å². The zero-order valence-corrected chi connectivity index (χ0v) is 19.9. The van der Waals surface area contributed by atoms with E-state index in [1.807, 2.05) is 69.2 Å². The molecule has 0 spiro atoms. The molecule has 3 rings (SSSR count). The molecule has 2 fully saturated rings. The van der Waals surface area contributed by atoms with E-state index in [9.17, 15) is 5.26 Å². The van der Waals surface area contributed by atoms with Crippen LogP contribution in [0.4, 0.5) is 0 Å². The first kappa shape index (κ1) is 22.7. The van der Waals surface area contributed by atoms with Crippen molar-refractivity contribution in [1.29, 1.82) is 5.26 Å². The van der Waals surface area contributed by atoms with Crippen LogP contribution in [-0.4, -0.2) is 36.6 Å². The van der Waals surface area contributed by atoms with E-state index in [1.165, 1.54) is 0 Å². The van der Waals surface area contributed by atoms with Gasteiger partial charge in [0.1, 0.15) is 0 Å². The lowest BCUT2D eigenvalue weighted by Gasteiger charge is -2.32. The van der Waals surface area contributed by atoms with Gasteiger partial charge in [0, 0.05) is 15.9 Å². The smallest absolute Gasteiger partial charge is 0.399 e. The Labute approximate surface area is 180 Å². The molecule has 0 aromatic heterocycles. The number of hydrogen-bond donors (Lipinski definition) is 0. The second kappa shape index (κ2) is 6.73. The van der Waals surface area contributed by atoms with E-state index < -0.39 is 36.6 Å². The van der Waals surface area contributed by atoms with Crippen molar-refractivity contribution in [3.8, 4) is 6.07 Å². The molecule has 1 aromatic rings. The molecule has 5 nitrogen and oxygen atoms in total. The van der Waals surface area contributed by atoms with Crippen molar-refractivity contribution in [3.63, 3.8) is 0 Å². The summed E-state index contributed by atoms with van der Waals surface area (Å²) in [5, 5.41) is 10.7. The molecule has 0 bridgehead atoms. The van der Waals surface area contributed by atoms with Gasteiger partial charge < -0.3 is 18.6 Å². The van der Waals surface area contributed by atoms with Crippen molar-refractivity contribution in [1.82, 2.24) is 0 Å². The molecular weight excluding hydrogens is 387 g/mol. The molecule has 29 heavy (non-hydrogen) atoms. The Bertz CT molecular complexity index is 810. The Kier molecular flexibility index (Phi) is 5.26. The number of nitrogens with zero attached hydrogens (tertiary/aromatic N) is 1. The molecule has 2 saturated heterocycles. The number of halogens is 1. The van der Waals surface area contributed by atoms with Gasteiger partial charge in [-0.25, -0.2) is 0 Å². The van der Waals surface area contributed by atoms with E-state index >= 15 is 0 Å². The number of nitriles is 1. The Morgan fingerprint density at radius 1 is 0.690 bits per heavy atom. The minimum Gasteiger partial charge on any atom is -0.399 e. The summed E-state index contributed by atoms with van der Waals surface area (Å²) in [6.45, 7) is 19.7. The minimum atomic E-state index is -0.700. The van der Waals surface area contributed by atoms with Crippen molar-refractivity contribution < 1.29 is 18.6 Å². The number of hydrogen-bond acceptors (Lipinski definition) is 5. The van der Waals surface area contributed by atoms with E-state index in [2.05, 4.69) is 6.07 Å². The van der Waals surface area contributed by atoms with E-state index in [4.69, 9.17) is 30.2 Å². The molecule has 0 saturated carbocycles. The fourth-order valence-corrected chi connectivity index (χ4v) is 3.87. The maximum atomic E-state index is 10.2. The van der Waals surface area contributed by atoms with Gasteiger partial charge in [0.25, 0.3) is 0 Å². The van der Waals surface area contributed by atoms with Crippen LogP contribution in [0.15, 0.2) is 0 Å². The highest BCUT2D eigenvalue weighted by Gasteiger charge is 2.56. The van der Waals surface area contributed by atoms with Crippen LogP contribution in [0.5, 0.6) is 0 Å².